The minimum absolute atomic E-state index is 0.252. The summed E-state index contributed by atoms with van der Waals surface area (Å²) in [5.41, 5.74) is 5.37. The number of aliphatic hydroxyl groups is 1. The van der Waals surface area contributed by atoms with Gasteiger partial charge in [0, 0.05) is 10.9 Å². The Morgan fingerprint density at radius 3 is 2.73 bits per heavy atom. The van der Waals surface area contributed by atoms with E-state index in [1.54, 1.807) is 13.8 Å². The molecular weight excluding hydrogens is 390 g/mol. The second-order valence-corrected chi connectivity index (χ2v) is 8.62. The van der Waals surface area contributed by atoms with Gasteiger partial charge in [-0.3, -0.25) is 0 Å². The van der Waals surface area contributed by atoms with Crippen LogP contribution < -0.4 is 0 Å². The van der Waals surface area contributed by atoms with Crippen LogP contribution in [0.15, 0.2) is 28.7 Å². The van der Waals surface area contributed by atoms with Gasteiger partial charge in [0.2, 0.25) is 0 Å². The molecule has 3 aromatic rings. The fraction of sp³-hybridized carbons (Fsp3) is 0.429. The van der Waals surface area contributed by atoms with Crippen LogP contribution in [0.2, 0.25) is 0 Å². The Balaban J connectivity index is 1.97. The Morgan fingerprint density at radius 1 is 1.27 bits per heavy atom. The molecular formula is C21H24BrN3O. The number of nitrogens with zero attached hydrogens (tertiary/aromatic N) is 3. The first-order valence-electron chi connectivity index (χ1n) is 9.19. The van der Waals surface area contributed by atoms with Crippen LogP contribution in [0.3, 0.4) is 0 Å². The fourth-order valence-electron chi connectivity index (χ4n) is 3.98. The van der Waals surface area contributed by atoms with E-state index >= 15 is 0 Å². The number of rotatable bonds is 3. The summed E-state index contributed by atoms with van der Waals surface area (Å²) in [7, 11) is 0. The molecule has 4 rings (SSSR count). The minimum atomic E-state index is -0.973. The van der Waals surface area contributed by atoms with E-state index < -0.39 is 5.60 Å². The monoisotopic (exact) mass is 413 g/mol. The fourth-order valence-corrected chi connectivity index (χ4v) is 4.39. The SMILES string of the molecule is CCc1nc2c(C)cc(C(C)(C)O)nc2n1[C@H]1CCc2cc(Br)ccc21. The van der Waals surface area contributed by atoms with Gasteiger partial charge < -0.3 is 9.67 Å². The molecule has 0 fully saturated rings. The molecule has 0 saturated carbocycles. The smallest absolute Gasteiger partial charge is 0.161 e. The lowest BCUT2D eigenvalue weighted by Crippen LogP contribution is -2.19. The van der Waals surface area contributed by atoms with E-state index in [9.17, 15) is 5.11 Å². The first-order chi connectivity index (χ1) is 12.3. The summed E-state index contributed by atoms with van der Waals surface area (Å²) in [6.45, 7) is 7.76. The molecule has 26 heavy (non-hydrogen) atoms. The summed E-state index contributed by atoms with van der Waals surface area (Å²) >= 11 is 3.58. The second-order valence-electron chi connectivity index (χ2n) is 7.70. The standard InChI is InChI=1S/C21H24BrN3O/c1-5-18-24-19-12(2)10-17(21(3,4)26)23-20(19)25(18)16-9-6-13-11-14(22)7-8-15(13)16/h7-8,10-11,16,26H,5-6,9H2,1-4H3/t16-/m0/s1. The van der Waals surface area contributed by atoms with Crippen LogP contribution >= 0.6 is 15.9 Å². The molecule has 0 amide bonds. The lowest BCUT2D eigenvalue weighted by atomic mass is 10.0. The minimum Gasteiger partial charge on any atom is -0.384 e. The molecule has 0 saturated heterocycles. The summed E-state index contributed by atoms with van der Waals surface area (Å²) in [5, 5.41) is 10.5. The first kappa shape index (κ1) is 17.7. The third-order valence-corrected chi connectivity index (χ3v) is 5.81. The van der Waals surface area contributed by atoms with Crippen LogP contribution in [0, 0.1) is 6.92 Å². The molecule has 0 unspecified atom stereocenters. The van der Waals surface area contributed by atoms with E-state index in [0.29, 0.717) is 5.69 Å². The highest BCUT2D eigenvalue weighted by Crippen LogP contribution is 2.39. The molecule has 1 aliphatic carbocycles. The Hall–Kier alpha value is -1.72. The third kappa shape index (κ3) is 2.78. The van der Waals surface area contributed by atoms with Gasteiger partial charge >= 0.3 is 0 Å². The van der Waals surface area contributed by atoms with Gasteiger partial charge in [0.05, 0.1) is 11.7 Å². The molecule has 1 aliphatic rings. The van der Waals surface area contributed by atoms with E-state index in [0.717, 1.165) is 46.3 Å². The molecule has 0 bridgehead atoms. The first-order valence-corrected chi connectivity index (χ1v) is 9.98. The third-order valence-electron chi connectivity index (χ3n) is 5.32. The molecule has 5 heteroatoms. The zero-order chi connectivity index (χ0) is 18.6. The maximum atomic E-state index is 10.5. The van der Waals surface area contributed by atoms with E-state index in [4.69, 9.17) is 9.97 Å². The van der Waals surface area contributed by atoms with Gasteiger partial charge in [-0.25, -0.2) is 9.97 Å². The number of fused-ring (bicyclic) bond motifs is 2. The number of benzene rings is 1. The second kappa shape index (κ2) is 6.17. The molecule has 1 aromatic carbocycles. The number of hydrogen-bond donors (Lipinski definition) is 1. The van der Waals surface area contributed by atoms with E-state index in [1.165, 1.54) is 11.1 Å². The molecule has 0 spiro atoms. The van der Waals surface area contributed by atoms with Crippen molar-refractivity contribution in [2.75, 3.05) is 0 Å². The predicted octanol–water partition coefficient (Wildman–Crippen LogP) is 4.83. The van der Waals surface area contributed by atoms with Crippen LogP contribution in [-0.2, 0) is 18.4 Å². The molecule has 1 atom stereocenters. The van der Waals surface area contributed by atoms with Crippen LogP contribution in [-0.4, -0.2) is 19.6 Å². The van der Waals surface area contributed by atoms with Crippen molar-refractivity contribution in [3.05, 3.63) is 56.9 Å². The highest BCUT2D eigenvalue weighted by Gasteiger charge is 2.29. The zero-order valence-electron chi connectivity index (χ0n) is 15.7. The highest BCUT2D eigenvalue weighted by molar-refractivity contribution is 9.10. The average molecular weight is 414 g/mol. The van der Waals surface area contributed by atoms with Crippen LogP contribution in [0.5, 0.6) is 0 Å². The maximum Gasteiger partial charge on any atom is 0.161 e. The Labute approximate surface area is 162 Å². The molecule has 4 nitrogen and oxygen atoms in total. The normalized spacial score (nSPS) is 17.1. The van der Waals surface area contributed by atoms with Crippen LogP contribution in [0.25, 0.3) is 11.2 Å². The van der Waals surface area contributed by atoms with Crippen molar-refractivity contribution in [2.45, 2.75) is 58.6 Å². The topological polar surface area (TPSA) is 50.9 Å². The van der Waals surface area contributed by atoms with Crippen molar-refractivity contribution < 1.29 is 5.11 Å². The number of pyridine rings is 1. The van der Waals surface area contributed by atoms with E-state index in [-0.39, 0.29) is 6.04 Å². The summed E-state index contributed by atoms with van der Waals surface area (Å²) < 4.78 is 3.43. The lowest BCUT2D eigenvalue weighted by molar-refractivity contribution is 0.0740. The summed E-state index contributed by atoms with van der Waals surface area (Å²) in [5.74, 6) is 1.06. The Morgan fingerprint density at radius 2 is 2.04 bits per heavy atom. The zero-order valence-corrected chi connectivity index (χ0v) is 17.3. The number of hydrogen-bond acceptors (Lipinski definition) is 3. The van der Waals surface area contributed by atoms with Crippen molar-refractivity contribution in [3.63, 3.8) is 0 Å². The van der Waals surface area contributed by atoms with Gasteiger partial charge in [-0.05, 0) is 68.5 Å². The molecule has 2 heterocycles. The van der Waals surface area contributed by atoms with Gasteiger partial charge in [-0.15, -0.1) is 0 Å². The van der Waals surface area contributed by atoms with Crippen molar-refractivity contribution in [2.24, 2.45) is 0 Å². The number of halogens is 1. The van der Waals surface area contributed by atoms with Crippen molar-refractivity contribution in [1.29, 1.82) is 0 Å². The molecule has 136 valence electrons. The van der Waals surface area contributed by atoms with Gasteiger partial charge in [-0.1, -0.05) is 28.9 Å². The van der Waals surface area contributed by atoms with Gasteiger partial charge in [0.15, 0.2) is 5.65 Å². The van der Waals surface area contributed by atoms with Gasteiger partial charge in [-0.2, -0.15) is 0 Å². The Bertz CT molecular complexity index is 1000. The molecule has 2 aromatic heterocycles. The molecule has 1 N–H and O–H groups in total. The van der Waals surface area contributed by atoms with Crippen LogP contribution in [0.1, 0.15) is 61.4 Å². The largest absolute Gasteiger partial charge is 0.384 e. The Kier molecular flexibility index (Phi) is 4.20. The van der Waals surface area contributed by atoms with Gasteiger partial charge in [0.1, 0.15) is 16.9 Å². The maximum absolute atomic E-state index is 10.5. The quantitative estimate of drug-likeness (QED) is 0.668. The lowest BCUT2D eigenvalue weighted by Gasteiger charge is -2.20. The molecule has 0 radical (unpaired) electrons. The van der Waals surface area contributed by atoms with Crippen LogP contribution in [0.4, 0.5) is 0 Å². The summed E-state index contributed by atoms with van der Waals surface area (Å²) in [6, 6.07) is 8.76. The van der Waals surface area contributed by atoms with Crippen molar-refractivity contribution >= 4 is 27.1 Å². The van der Waals surface area contributed by atoms with Gasteiger partial charge in [0.25, 0.3) is 0 Å². The average Bonchev–Trinajstić information content (AvgIpc) is 3.14. The number of imidazole rings is 1. The van der Waals surface area contributed by atoms with E-state index in [2.05, 4.69) is 52.5 Å². The number of aryl methyl sites for hydroxylation is 3. The highest BCUT2D eigenvalue weighted by atomic mass is 79.9. The van der Waals surface area contributed by atoms with Crippen molar-refractivity contribution in [1.82, 2.24) is 14.5 Å². The van der Waals surface area contributed by atoms with E-state index in [1.807, 2.05) is 6.07 Å². The summed E-state index contributed by atoms with van der Waals surface area (Å²) in [6.07, 6.45) is 2.97. The summed E-state index contributed by atoms with van der Waals surface area (Å²) in [4.78, 5) is 9.75. The van der Waals surface area contributed by atoms with Crippen molar-refractivity contribution in [3.8, 4) is 0 Å². The predicted molar refractivity (Wildman–Crippen MR) is 107 cm³/mol. The molecule has 0 aliphatic heterocycles. The number of aromatic nitrogens is 3.